The zero-order valence-corrected chi connectivity index (χ0v) is 23.6. The van der Waals surface area contributed by atoms with E-state index >= 15 is 0 Å². The molecule has 0 fully saturated rings. The van der Waals surface area contributed by atoms with Crippen molar-refractivity contribution in [1.29, 1.82) is 0 Å². The highest BCUT2D eigenvalue weighted by Crippen LogP contribution is 2.21. The molecule has 0 spiro atoms. The summed E-state index contributed by atoms with van der Waals surface area (Å²) in [6.07, 6.45) is 11.2. The molecule has 2 aromatic rings. The van der Waals surface area contributed by atoms with Gasteiger partial charge in [0.2, 0.25) is 0 Å². The Bertz CT molecular complexity index is 994. The lowest BCUT2D eigenvalue weighted by molar-refractivity contribution is -0.140. The lowest BCUT2D eigenvalue weighted by atomic mass is 10.0. The van der Waals surface area contributed by atoms with Crippen LogP contribution in [0.25, 0.3) is 11.3 Å². The maximum absolute atomic E-state index is 11.4. The predicted molar refractivity (Wildman–Crippen MR) is 147 cm³/mol. The highest BCUT2D eigenvalue weighted by Gasteiger charge is 2.08. The van der Waals surface area contributed by atoms with E-state index in [1.54, 1.807) is 43.7 Å². The molecule has 0 amide bonds. The minimum absolute atomic E-state index is 0.193. The summed E-state index contributed by atoms with van der Waals surface area (Å²) in [6, 6.07) is 8.67. The van der Waals surface area contributed by atoms with Gasteiger partial charge < -0.3 is 4.74 Å². The summed E-state index contributed by atoms with van der Waals surface area (Å²) in [5, 5.41) is 0. The van der Waals surface area contributed by atoms with Crippen LogP contribution in [-0.2, 0) is 19.4 Å². The molecule has 1 aromatic carbocycles. The first kappa shape index (κ1) is 32.5. The van der Waals surface area contributed by atoms with Crippen LogP contribution < -0.4 is 0 Å². The fourth-order valence-corrected chi connectivity index (χ4v) is 3.85. The predicted octanol–water partition coefficient (Wildman–Crippen LogP) is 6.69. The van der Waals surface area contributed by atoms with Gasteiger partial charge in [0.05, 0.1) is 17.2 Å². The Morgan fingerprint density at radius 3 is 2.06 bits per heavy atom. The van der Waals surface area contributed by atoms with Gasteiger partial charge in [-0.15, -0.1) is 0 Å². The maximum Gasteiger partial charge on any atom is 0.302 e. The van der Waals surface area contributed by atoms with Gasteiger partial charge in [0.15, 0.2) is 9.84 Å². The first-order chi connectivity index (χ1) is 16.5. The second-order valence-corrected chi connectivity index (χ2v) is 10.6. The molecule has 35 heavy (non-hydrogen) atoms. The van der Waals surface area contributed by atoms with Crippen molar-refractivity contribution in [2.45, 2.75) is 78.5 Å². The number of pyridine rings is 1. The summed E-state index contributed by atoms with van der Waals surface area (Å²) in [5.74, 6) is 0.770. The van der Waals surface area contributed by atoms with Crippen LogP contribution in [0, 0.1) is 12.8 Å². The van der Waals surface area contributed by atoms with Crippen molar-refractivity contribution >= 4 is 22.0 Å². The third-order valence-electron chi connectivity index (χ3n) is 5.06. The minimum Gasteiger partial charge on any atom is -0.466 e. The van der Waals surface area contributed by atoms with Gasteiger partial charge in [0, 0.05) is 38.2 Å². The molecule has 0 atom stereocenters. The number of hydrogen-bond acceptors (Lipinski definition) is 6. The van der Waals surface area contributed by atoms with E-state index in [0.717, 1.165) is 34.7 Å². The molecule has 0 saturated carbocycles. The Labute approximate surface area is 213 Å². The van der Waals surface area contributed by atoms with Crippen LogP contribution in [0.2, 0.25) is 0 Å². The molecular formula is C28H44N2O4S. The Kier molecular flexibility index (Phi) is 16.5. The van der Waals surface area contributed by atoms with Gasteiger partial charge in [-0.25, -0.2) is 8.42 Å². The minimum atomic E-state index is -3.17. The van der Waals surface area contributed by atoms with Crippen LogP contribution in [0.1, 0.15) is 77.8 Å². The number of carbonyl (C=O) groups excluding carboxylic acids is 1. The maximum atomic E-state index is 11.4. The Morgan fingerprint density at radius 1 is 1.09 bits per heavy atom. The monoisotopic (exact) mass is 504 g/mol. The molecule has 7 heteroatoms. The fourth-order valence-electron chi connectivity index (χ4n) is 3.22. The molecule has 196 valence electrons. The van der Waals surface area contributed by atoms with Gasteiger partial charge in [-0.05, 0) is 48.6 Å². The van der Waals surface area contributed by atoms with Gasteiger partial charge in [-0.2, -0.15) is 0 Å². The molecule has 0 aliphatic heterocycles. The molecule has 1 aromatic heterocycles. The second-order valence-electron chi connectivity index (χ2n) is 8.63. The van der Waals surface area contributed by atoms with Crippen molar-refractivity contribution in [3.63, 3.8) is 0 Å². The van der Waals surface area contributed by atoms with Crippen molar-refractivity contribution in [1.82, 2.24) is 4.98 Å². The van der Waals surface area contributed by atoms with E-state index in [0.29, 0.717) is 11.5 Å². The second kappa shape index (κ2) is 17.8. The zero-order valence-electron chi connectivity index (χ0n) is 22.8. The van der Waals surface area contributed by atoms with Crippen molar-refractivity contribution in [2.24, 2.45) is 10.9 Å². The number of carbonyl (C=O) groups is 1. The number of nitrogens with zero attached hydrogens (tertiary/aromatic N) is 2. The van der Waals surface area contributed by atoms with Crippen LogP contribution in [0.15, 0.2) is 46.4 Å². The van der Waals surface area contributed by atoms with Crippen molar-refractivity contribution < 1.29 is 17.9 Å². The molecule has 0 radical (unpaired) electrons. The average Bonchev–Trinajstić information content (AvgIpc) is 2.80. The smallest absolute Gasteiger partial charge is 0.302 e. The summed E-state index contributed by atoms with van der Waals surface area (Å²) in [6.45, 7) is 12.7. The molecule has 0 bridgehead atoms. The van der Waals surface area contributed by atoms with Crippen LogP contribution >= 0.6 is 0 Å². The van der Waals surface area contributed by atoms with Gasteiger partial charge in [-0.3, -0.25) is 14.8 Å². The van der Waals surface area contributed by atoms with Crippen molar-refractivity contribution in [3.8, 4) is 11.3 Å². The molecule has 0 saturated heterocycles. The number of benzene rings is 1. The van der Waals surface area contributed by atoms with E-state index in [1.165, 1.54) is 38.9 Å². The highest BCUT2D eigenvalue weighted by molar-refractivity contribution is 7.90. The van der Waals surface area contributed by atoms with Crippen LogP contribution in [-0.4, -0.2) is 45.5 Å². The topological polar surface area (TPSA) is 85.7 Å². The normalized spacial score (nSPS) is 10.9. The number of aromatic nitrogens is 1. The van der Waals surface area contributed by atoms with Crippen LogP contribution in [0.5, 0.6) is 0 Å². The van der Waals surface area contributed by atoms with E-state index in [1.807, 2.05) is 19.9 Å². The molecule has 0 aliphatic rings. The Balaban J connectivity index is 0.000000637. The summed E-state index contributed by atoms with van der Waals surface area (Å²) < 4.78 is 27.4. The summed E-state index contributed by atoms with van der Waals surface area (Å²) in [5.41, 5.74) is 3.73. The highest BCUT2D eigenvalue weighted by atomic mass is 32.2. The molecule has 1 heterocycles. The lowest BCUT2D eigenvalue weighted by Gasteiger charge is -2.05. The molecule has 0 N–H and O–H groups in total. The van der Waals surface area contributed by atoms with Crippen molar-refractivity contribution in [2.75, 3.05) is 19.9 Å². The Hall–Kier alpha value is -2.54. The van der Waals surface area contributed by atoms with Crippen molar-refractivity contribution in [3.05, 3.63) is 47.7 Å². The fraction of sp³-hybridized carbons (Fsp3) is 0.536. The van der Waals surface area contributed by atoms with E-state index in [4.69, 9.17) is 0 Å². The first-order valence-corrected chi connectivity index (χ1v) is 14.2. The number of aryl methyl sites for hydroxylation is 1. The number of sulfone groups is 1. The van der Waals surface area contributed by atoms with Gasteiger partial charge >= 0.3 is 5.97 Å². The quantitative estimate of drug-likeness (QED) is 0.280. The average molecular weight is 505 g/mol. The Morgan fingerprint density at radius 2 is 1.66 bits per heavy atom. The number of esters is 1. The summed E-state index contributed by atoms with van der Waals surface area (Å²) >= 11 is 0. The lowest BCUT2D eigenvalue weighted by Crippen LogP contribution is -1.98. The molecule has 0 aliphatic carbocycles. The van der Waals surface area contributed by atoms with E-state index in [2.05, 4.69) is 35.5 Å². The zero-order chi connectivity index (χ0) is 26.9. The summed E-state index contributed by atoms with van der Waals surface area (Å²) in [7, 11) is -1.44. The molecule has 6 nitrogen and oxygen atoms in total. The molecular weight excluding hydrogens is 460 g/mol. The third-order valence-corrected chi connectivity index (χ3v) is 6.19. The van der Waals surface area contributed by atoms with E-state index in [-0.39, 0.29) is 5.97 Å². The largest absolute Gasteiger partial charge is 0.466 e. The van der Waals surface area contributed by atoms with Crippen LogP contribution in [0.3, 0.4) is 0 Å². The first-order valence-electron chi connectivity index (χ1n) is 12.3. The van der Waals surface area contributed by atoms with E-state index in [9.17, 15) is 13.2 Å². The van der Waals surface area contributed by atoms with Gasteiger partial charge in [0.1, 0.15) is 0 Å². The van der Waals surface area contributed by atoms with E-state index < -0.39 is 9.84 Å². The number of aliphatic imine (C=N–C) groups is 1. The van der Waals surface area contributed by atoms with Gasteiger partial charge in [0.25, 0.3) is 0 Å². The number of ether oxygens (including phenoxy) is 1. The van der Waals surface area contributed by atoms with Gasteiger partial charge in [-0.1, -0.05) is 65.5 Å². The SMILES string of the molecule is CCCC(C)CCC.CCCOC(C)=O.CN=Cc1cc(-c2ccc(S(C)(=O)=O)cc2)ncc1C. The van der Waals surface area contributed by atoms with Crippen LogP contribution in [0.4, 0.5) is 0 Å². The standard InChI is InChI=1S/C15H16N2O2S.C8H18.C5H10O2/c1-11-9-17-15(8-13(11)10-16-2)12-4-6-14(7-5-12)20(3,18)19;1-4-6-8(3)7-5-2;1-3-4-7-5(2)6/h4-10H,1-3H3;8H,4-7H2,1-3H3;3-4H2,1-2H3. The summed E-state index contributed by atoms with van der Waals surface area (Å²) in [4.78, 5) is 18.7. The molecule has 2 rings (SSSR count). The third kappa shape index (κ3) is 14.5. The number of rotatable bonds is 9. The molecule has 0 unspecified atom stereocenters. The number of hydrogen-bond donors (Lipinski definition) is 0.